The van der Waals surface area contributed by atoms with Crippen LogP contribution in [0.4, 0.5) is 0 Å². The van der Waals surface area contributed by atoms with Crippen LogP contribution in [0.15, 0.2) is 167 Å². The molecule has 0 N–H and O–H groups in total. The van der Waals surface area contributed by atoms with Gasteiger partial charge in [-0.2, -0.15) is 0 Å². The number of benzene rings is 4. The van der Waals surface area contributed by atoms with Gasteiger partial charge in [0, 0.05) is 67.4 Å². The molecular formula is C96H136O10. The van der Waals surface area contributed by atoms with Crippen molar-refractivity contribution < 1.29 is 47.9 Å². The topological polar surface area (TPSA) is 171 Å². The molecule has 1 unspecified atom stereocenters. The maximum atomic E-state index is 11.8. The predicted octanol–water partition coefficient (Wildman–Crippen LogP) is 25.0. The fraction of sp³-hybridized carbons (Fsp3) is 0.542. The molecule has 2 fully saturated rings. The molecule has 1 atom stereocenters. The van der Waals surface area contributed by atoms with Gasteiger partial charge in [0.2, 0.25) is 0 Å². The highest BCUT2D eigenvalue weighted by Crippen LogP contribution is 2.41. The van der Waals surface area contributed by atoms with E-state index in [-0.39, 0.29) is 39.7 Å². The van der Waals surface area contributed by atoms with Crippen LogP contribution in [0.3, 0.4) is 0 Å². The molecule has 11 rings (SSSR count). The van der Waals surface area contributed by atoms with Gasteiger partial charge in [0.1, 0.15) is 23.1 Å². The van der Waals surface area contributed by atoms with Crippen molar-refractivity contribution in [1.29, 1.82) is 0 Å². The highest BCUT2D eigenvalue weighted by atomic mass is 16.2. The zero-order valence-corrected chi connectivity index (χ0v) is 68.0. The summed E-state index contributed by atoms with van der Waals surface area (Å²) in [6.07, 6.45) is 49.8. The smallest absolute Gasteiger partial charge is 0.163 e. The number of ketones is 10. The zero-order chi connectivity index (χ0) is 78.6. The van der Waals surface area contributed by atoms with Crippen LogP contribution < -0.4 is 0 Å². The second kappa shape index (κ2) is 55.7. The van der Waals surface area contributed by atoms with Crippen molar-refractivity contribution in [3.63, 3.8) is 0 Å². The average Bonchev–Trinajstić information content (AvgIpc) is 1.18. The fourth-order valence-corrected chi connectivity index (χ4v) is 13.2. The molecule has 0 aromatic heterocycles. The average molecular weight is 1450 g/mol. The van der Waals surface area contributed by atoms with Crippen LogP contribution in [0.2, 0.25) is 0 Å². The van der Waals surface area contributed by atoms with Crippen molar-refractivity contribution >= 4 is 63.9 Å². The maximum absolute atomic E-state index is 11.8. The van der Waals surface area contributed by atoms with Crippen LogP contribution in [0.25, 0.3) is 6.08 Å². The summed E-state index contributed by atoms with van der Waals surface area (Å²) >= 11 is 0. The molecular weight excluding hydrogens is 1310 g/mol. The Kier molecular flexibility index (Phi) is 49.6. The second-order valence-corrected chi connectivity index (χ2v) is 31.0. The van der Waals surface area contributed by atoms with Crippen molar-refractivity contribution in [2.75, 3.05) is 0 Å². The number of hydrogen-bond acceptors (Lipinski definition) is 10. The predicted molar refractivity (Wildman–Crippen MR) is 441 cm³/mol. The number of allylic oxidation sites excluding steroid dienone is 9. The van der Waals surface area contributed by atoms with E-state index in [0.717, 1.165) is 131 Å². The lowest BCUT2D eigenvalue weighted by atomic mass is 9.72. The number of rotatable bonds is 15. The van der Waals surface area contributed by atoms with Crippen LogP contribution in [-0.2, 0) is 51.2 Å². The van der Waals surface area contributed by atoms with Gasteiger partial charge in [-0.25, -0.2) is 0 Å². The summed E-state index contributed by atoms with van der Waals surface area (Å²) in [7, 11) is 0. The third-order valence-corrected chi connectivity index (χ3v) is 20.0. The minimum absolute atomic E-state index is 0.0776. The SMILES string of the molecule is CC(=O)/C=C/C1=C(C)CCCC1(C)C.CC(=O)/C=C/c1ccccc1.CC(=O)C(C)(C)C.CC(=O)Cc1ccccc1.CC(=O)c1ccccc1.CCCCCC1=CCCC1=O.CCCCCC1CCCC1=O.O=C1CCC2=C1CCCCCCCCCC2.O=C1CCCC1.O=C1CCCc2ccccc21. The van der Waals surface area contributed by atoms with E-state index in [9.17, 15) is 47.9 Å². The molecule has 0 heterocycles. The number of fused-ring (bicyclic) bond motifs is 1. The minimum Gasteiger partial charge on any atom is -0.300 e. The fourth-order valence-electron chi connectivity index (χ4n) is 13.2. The third kappa shape index (κ3) is 43.8. The van der Waals surface area contributed by atoms with Crippen molar-refractivity contribution in [3.8, 4) is 0 Å². The lowest BCUT2D eigenvalue weighted by Gasteiger charge is -2.32. The molecule has 106 heavy (non-hydrogen) atoms. The lowest BCUT2D eigenvalue weighted by molar-refractivity contribution is -0.124. The molecule has 0 radical (unpaired) electrons. The summed E-state index contributed by atoms with van der Waals surface area (Å²) in [6, 6.07) is 36.6. The molecule has 0 spiro atoms. The summed E-state index contributed by atoms with van der Waals surface area (Å²) in [4.78, 5) is 109. The van der Waals surface area contributed by atoms with Crippen molar-refractivity contribution in [2.45, 2.75) is 321 Å². The first-order valence-corrected chi connectivity index (χ1v) is 40.4. The first-order chi connectivity index (χ1) is 50.6. The Bertz CT molecular complexity index is 3440. The molecule has 10 heteroatoms. The van der Waals surface area contributed by atoms with Gasteiger partial charge >= 0.3 is 0 Å². The van der Waals surface area contributed by atoms with Crippen molar-refractivity contribution in [2.24, 2.45) is 16.7 Å². The molecule has 7 aliphatic carbocycles. The van der Waals surface area contributed by atoms with Gasteiger partial charge in [0.05, 0.1) is 0 Å². The Morgan fingerprint density at radius 3 is 1.53 bits per heavy atom. The van der Waals surface area contributed by atoms with E-state index >= 15 is 0 Å². The van der Waals surface area contributed by atoms with Crippen LogP contribution >= 0.6 is 0 Å². The second-order valence-electron chi connectivity index (χ2n) is 31.0. The highest BCUT2D eigenvalue weighted by Gasteiger charge is 2.27. The first kappa shape index (κ1) is 94.4. The first-order valence-electron chi connectivity index (χ1n) is 40.4. The van der Waals surface area contributed by atoms with E-state index in [1.165, 1.54) is 150 Å². The van der Waals surface area contributed by atoms with Gasteiger partial charge in [0.15, 0.2) is 34.7 Å². The van der Waals surface area contributed by atoms with E-state index < -0.39 is 0 Å². The summed E-state index contributed by atoms with van der Waals surface area (Å²) in [5, 5.41) is 0. The van der Waals surface area contributed by atoms with Crippen LogP contribution in [-0.4, -0.2) is 57.8 Å². The molecule has 7 aliphatic rings. The maximum Gasteiger partial charge on any atom is 0.163 e. The Labute approximate surface area is 641 Å². The molecule has 2 saturated carbocycles. The van der Waals surface area contributed by atoms with Gasteiger partial charge in [0.25, 0.3) is 0 Å². The molecule has 4 aromatic rings. The Hall–Kier alpha value is -7.72. The zero-order valence-electron chi connectivity index (χ0n) is 68.0. The molecule has 0 bridgehead atoms. The Morgan fingerprint density at radius 2 is 1.04 bits per heavy atom. The van der Waals surface area contributed by atoms with Gasteiger partial charge in [-0.1, -0.05) is 264 Å². The van der Waals surface area contributed by atoms with E-state index in [2.05, 4.69) is 40.7 Å². The normalized spacial score (nSPS) is 17.3. The molecule has 10 nitrogen and oxygen atoms in total. The summed E-state index contributed by atoms with van der Waals surface area (Å²) in [6.45, 7) is 24.7. The highest BCUT2D eigenvalue weighted by molar-refractivity contribution is 5.99. The molecule has 0 saturated heterocycles. The van der Waals surface area contributed by atoms with E-state index in [4.69, 9.17) is 0 Å². The van der Waals surface area contributed by atoms with Crippen molar-refractivity contribution in [1.82, 2.24) is 0 Å². The van der Waals surface area contributed by atoms with Crippen molar-refractivity contribution in [3.05, 3.63) is 195 Å². The Morgan fingerprint density at radius 1 is 0.500 bits per heavy atom. The van der Waals surface area contributed by atoms with Gasteiger partial charge in [-0.3, -0.25) is 47.9 Å². The molecule has 0 amide bonds. The number of carbonyl (C=O) groups is 10. The summed E-state index contributed by atoms with van der Waals surface area (Å²) in [5.74, 6) is 3.38. The number of carbonyl (C=O) groups excluding carboxylic acids is 10. The Balaban J connectivity index is 0.000000404. The van der Waals surface area contributed by atoms with Crippen LogP contribution in [0.5, 0.6) is 0 Å². The number of unbranched alkanes of at least 4 members (excludes halogenated alkanes) is 4. The molecule has 580 valence electrons. The largest absolute Gasteiger partial charge is 0.300 e. The van der Waals surface area contributed by atoms with E-state index in [1.54, 1.807) is 46.8 Å². The van der Waals surface area contributed by atoms with E-state index in [1.807, 2.05) is 148 Å². The summed E-state index contributed by atoms with van der Waals surface area (Å²) < 4.78 is 0. The molecule has 4 aromatic carbocycles. The number of Topliss-reactive ketones (excluding diaryl/α,β-unsaturated/α-hetero) is 8. The van der Waals surface area contributed by atoms with Crippen LogP contribution in [0, 0.1) is 16.7 Å². The van der Waals surface area contributed by atoms with Gasteiger partial charge in [-0.05, 0) is 208 Å². The third-order valence-electron chi connectivity index (χ3n) is 20.0. The lowest BCUT2D eigenvalue weighted by Crippen LogP contribution is -2.19. The number of aryl methyl sites for hydroxylation is 1. The standard InChI is InChI=1S/C15H24O.C13H20O.2C10H10O.C10H18O.C10H16O.C9H10O.C8H8O.C6H12O.C5H8O/c16-15-12-11-13-9-7-5-3-1-2-4-6-8-10-14(13)15;1-10-6-5-9-13(3,4)12(10)8-7-11(2)14;11-10-7-3-5-8-4-1-2-6-9(8)10;1-9(11)7-8-10-5-3-2-4-6-10;2*1-2-3-4-6-9-7-5-8-10(9)11;1-8(10)7-9-5-3-2-4-6-9;1-7(9)8-5-3-2-4-6-8;1-5(7)6(2,3)4;6-5-3-1-2-4-5/h1-12H2;7-8H,5-6,9H2,1-4H3;1-2,4,6H,3,5,7H2;2-8H,1H3;9H,2-8H2,1H3;7H,2-6,8H2,1H3;2-6H,7H2,1H3;2-6H,1H3;1-4H3;1-4H2/b;8-7+;;8-7+;;;;;;. The molecule has 0 aliphatic heterocycles. The van der Waals surface area contributed by atoms with E-state index in [0.29, 0.717) is 41.3 Å². The summed E-state index contributed by atoms with van der Waals surface area (Å²) in [5.41, 5.74) is 11.9. The van der Waals surface area contributed by atoms with Gasteiger partial charge in [-0.15, -0.1) is 0 Å². The minimum atomic E-state index is -0.139. The van der Waals surface area contributed by atoms with Gasteiger partial charge < -0.3 is 0 Å². The monoisotopic (exact) mass is 1450 g/mol. The quantitative estimate of drug-likeness (QED) is 0.0634. The number of hydrogen-bond donors (Lipinski definition) is 0. The van der Waals surface area contributed by atoms with Crippen LogP contribution in [0.1, 0.15) is 346 Å².